The van der Waals surface area contributed by atoms with Gasteiger partial charge in [-0.2, -0.15) is 0 Å². The second kappa shape index (κ2) is 8.31. The Bertz CT molecular complexity index is 985. The van der Waals surface area contributed by atoms with Crippen molar-refractivity contribution in [3.63, 3.8) is 0 Å². The van der Waals surface area contributed by atoms with Gasteiger partial charge in [0.05, 0.1) is 12.2 Å². The second-order valence-electron chi connectivity index (χ2n) is 5.62. The summed E-state index contributed by atoms with van der Waals surface area (Å²) >= 11 is 0. The molecule has 27 heavy (non-hydrogen) atoms. The summed E-state index contributed by atoms with van der Waals surface area (Å²) in [6, 6.07) is 12.8. The third-order valence-electron chi connectivity index (χ3n) is 3.80. The summed E-state index contributed by atoms with van der Waals surface area (Å²) < 4.78 is 28.7. The van der Waals surface area contributed by atoms with Crippen LogP contribution >= 0.6 is 0 Å². The van der Waals surface area contributed by atoms with Gasteiger partial charge in [0.15, 0.2) is 0 Å². The smallest absolute Gasteiger partial charge is 0.374 e. The number of hydrogen-bond donors (Lipinski definition) is 0. The number of rotatable bonds is 6. The van der Waals surface area contributed by atoms with Crippen LogP contribution in [0.2, 0.25) is 0 Å². The van der Waals surface area contributed by atoms with E-state index >= 15 is 0 Å². The average Bonchev–Trinajstić information content (AvgIpc) is 3.05. The van der Waals surface area contributed by atoms with Crippen LogP contribution in [0.4, 0.5) is 4.39 Å². The van der Waals surface area contributed by atoms with Crippen LogP contribution in [0.15, 0.2) is 59.0 Å². The van der Waals surface area contributed by atoms with E-state index in [9.17, 15) is 14.0 Å². The van der Waals surface area contributed by atoms with Crippen molar-refractivity contribution < 1.29 is 27.9 Å². The van der Waals surface area contributed by atoms with Gasteiger partial charge in [-0.3, -0.25) is 0 Å². The normalized spacial score (nSPS) is 11.0. The van der Waals surface area contributed by atoms with Crippen molar-refractivity contribution >= 4 is 29.0 Å². The van der Waals surface area contributed by atoms with Gasteiger partial charge < -0.3 is 13.9 Å². The van der Waals surface area contributed by atoms with Crippen molar-refractivity contribution in [1.82, 2.24) is 0 Å². The van der Waals surface area contributed by atoms with Crippen LogP contribution in [-0.4, -0.2) is 18.5 Å². The first-order valence-electron chi connectivity index (χ1n) is 8.36. The van der Waals surface area contributed by atoms with Gasteiger partial charge in [-0.1, -0.05) is 30.3 Å². The molecule has 0 aliphatic carbocycles. The van der Waals surface area contributed by atoms with E-state index in [1.807, 2.05) is 0 Å². The third-order valence-corrected chi connectivity index (χ3v) is 3.80. The maximum Gasteiger partial charge on any atom is 0.374 e. The van der Waals surface area contributed by atoms with Gasteiger partial charge in [-0.05, 0) is 36.8 Å². The SMILES string of the molecule is CCOC(=O)c1oc2ccccc2c1COC(=O)/C=C/c1ccc(F)cc1. The monoisotopic (exact) mass is 368 g/mol. The molecule has 6 heteroatoms. The molecule has 0 spiro atoms. The van der Waals surface area contributed by atoms with Crippen molar-refractivity contribution in [1.29, 1.82) is 0 Å². The van der Waals surface area contributed by atoms with Crippen LogP contribution in [-0.2, 0) is 20.9 Å². The summed E-state index contributed by atoms with van der Waals surface area (Å²) in [5.74, 6) is -1.54. The Balaban J connectivity index is 1.75. The molecule has 1 heterocycles. The second-order valence-corrected chi connectivity index (χ2v) is 5.62. The number of fused-ring (bicyclic) bond motifs is 1. The first-order valence-corrected chi connectivity index (χ1v) is 8.36. The molecule has 5 nitrogen and oxygen atoms in total. The summed E-state index contributed by atoms with van der Waals surface area (Å²) in [4.78, 5) is 24.1. The lowest BCUT2D eigenvalue weighted by atomic mass is 10.1. The molecule has 2 aromatic carbocycles. The van der Waals surface area contributed by atoms with Gasteiger partial charge in [0, 0.05) is 11.5 Å². The fourth-order valence-electron chi connectivity index (χ4n) is 2.53. The molecule has 1 aromatic heterocycles. The van der Waals surface area contributed by atoms with Crippen LogP contribution in [0, 0.1) is 5.82 Å². The van der Waals surface area contributed by atoms with Crippen molar-refractivity contribution in [3.05, 3.63) is 77.3 Å². The fraction of sp³-hybridized carbons (Fsp3) is 0.143. The van der Waals surface area contributed by atoms with Crippen molar-refractivity contribution in [3.8, 4) is 0 Å². The van der Waals surface area contributed by atoms with E-state index in [1.165, 1.54) is 24.3 Å². The number of para-hydroxylation sites is 1. The van der Waals surface area contributed by atoms with Crippen LogP contribution in [0.5, 0.6) is 0 Å². The number of esters is 2. The number of halogens is 1. The number of carbonyl (C=O) groups excluding carboxylic acids is 2. The Morgan fingerprint density at radius 2 is 1.81 bits per heavy atom. The molecule has 138 valence electrons. The van der Waals surface area contributed by atoms with Gasteiger partial charge in [0.1, 0.15) is 18.0 Å². The molecule has 0 unspecified atom stereocenters. The van der Waals surface area contributed by atoms with E-state index in [0.29, 0.717) is 22.1 Å². The highest BCUT2D eigenvalue weighted by molar-refractivity contribution is 5.96. The van der Waals surface area contributed by atoms with Gasteiger partial charge in [-0.15, -0.1) is 0 Å². The number of hydrogen-bond acceptors (Lipinski definition) is 5. The minimum Gasteiger partial charge on any atom is -0.460 e. The maximum atomic E-state index is 12.9. The Hall–Kier alpha value is -3.41. The number of benzene rings is 2. The molecule has 0 radical (unpaired) electrons. The van der Waals surface area contributed by atoms with Crippen LogP contribution in [0.25, 0.3) is 17.0 Å². The first kappa shape index (κ1) is 18.4. The van der Waals surface area contributed by atoms with E-state index in [1.54, 1.807) is 43.3 Å². The van der Waals surface area contributed by atoms with E-state index < -0.39 is 11.9 Å². The standard InChI is InChI=1S/C21H17FO5/c1-2-25-21(24)20-17(16-5-3-4-6-18(16)27-20)13-26-19(23)12-9-14-7-10-15(22)11-8-14/h3-12H,2,13H2,1H3/b12-9+. The maximum absolute atomic E-state index is 12.9. The molecular formula is C21H17FO5. The Morgan fingerprint density at radius 1 is 1.07 bits per heavy atom. The molecule has 0 aliphatic heterocycles. The molecular weight excluding hydrogens is 351 g/mol. The number of ether oxygens (including phenoxy) is 2. The van der Waals surface area contributed by atoms with E-state index in [2.05, 4.69) is 0 Å². The molecule has 0 bridgehead atoms. The fourth-order valence-corrected chi connectivity index (χ4v) is 2.53. The van der Waals surface area contributed by atoms with Crippen molar-refractivity contribution in [2.24, 2.45) is 0 Å². The zero-order chi connectivity index (χ0) is 19.2. The Kier molecular flexibility index (Phi) is 5.66. The lowest BCUT2D eigenvalue weighted by molar-refractivity contribution is -0.138. The predicted octanol–water partition coefficient (Wildman–Crippen LogP) is 4.51. The highest BCUT2D eigenvalue weighted by atomic mass is 19.1. The van der Waals surface area contributed by atoms with Crippen LogP contribution in [0.1, 0.15) is 28.6 Å². The summed E-state index contributed by atoms with van der Waals surface area (Å²) in [6.45, 7) is 1.76. The van der Waals surface area contributed by atoms with Crippen molar-refractivity contribution in [2.75, 3.05) is 6.61 Å². The Morgan fingerprint density at radius 3 is 2.56 bits per heavy atom. The topological polar surface area (TPSA) is 65.7 Å². The highest BCUT2D eigenvalue weighted by Gasteiger charge is 2.22. The van der Waals surface area contributed by atoms with Gasteiger partial charge in [0.25, 0.3) is 0 Å². The minimum atomic E-state index is -0.610. The summed E-state index contributed by atoms with van der Waals surface area (Å²) in [6.07, 6.45) is 2.75. The van der Waals surface area contributed by atoms with E-state index in [-0.39, 0.29) is 24.8 Å². The molecule has 0 fully saturated rings. The van der Waals surface area contributed by atoms with Gasteiger partial charge in [-0.25, -0.2) is 14.0 Å². The lowest BCUT2D eigenvalue weighted by Gasteiger charge is -2.04. The largest absolute Gasteiger partial charge is 0.460 e. The summed E-state index contributed by atoms with van der Waals surface area (Å²) in [7, 11) is 0. The molecule has 3 rings (SSSR count). The highest BCUT2D eigenvalue weighted by Crippen LogP contribution is 2.27. The van der Waals surface area contributed by atoms with Crippen LogP contribution < -0.4 is 0 Å². The molecule has 0 aliphatic rings. The third kappa shape index (κ3) is 4.41. The van der Waals surface area contributed by atoms with E-state index in [0.717, 1.165) is 0 Å². The van der Waals surface area contributed by atoms with Gasteiger partial charge in [0.2, 0.25) is 5.76 Å². The molecule has 3 aromatic rings. The number of carbonyl (C=O) groups is 2. The molecule has 0 amide bonds. The summed E-state index contributed by atoms with van der Waals surface area (Å²) in [5, 5.41) is 0.677. The number of furan rings is 1. The van der Waals surface area contributed by atoms with Crippen LogP contribution in [0.3, 0.4) is 0 Å². The zero-order valence-electron chi connectivity index (χ0n) is 14.6. The zero-order valence-corrected chi connectivity index (χ0v) is 14.6. The first-order chi connectivity index (χ1) is 13.1. The predicted molar refractivity (Wildman–Crippen MR) is 97.4 cm³/mol. The average molecular weight is 368 g/mol. The summed E-state index contributed by atoms with van der Waals surface area (Å²) in [5.41, 5.74) is 1.62. The molecule has 0 N–H and O–H groups in total. The lowest BCUT2D eigenvalue weighted by Crippen LogP contribution is -2.08. The van der Waals surface area contributed by atoms with E-state index in [4.69, 9.17) is 13.9 Å². The Labute approximate surface area is 155 Å². The molecule has 0 atom stereocenters. The minimum absolute atomic E-state index is 0.0216. The quantitative estimate of drug-likeness (QED) is 0.473. The van der Waals surface area contributed by atoms with Gasteiger partial charge >= 0.3 is 11.9 Å². The van der Waals surface area contributed by atoms with Crippen molar-refractivity contribution in [2.45, 2.75) is 13.5 Å². The molecule has 0 saturated heterocycles. The molecule has 0 saturated carbocycles.